The maximum atomic E-state index is 13.0. The molecule has 0 saturated carbocycles. The van der Waals surface area contributed by atoms with Gasteiger partial charge in [0.15, 0.2) is 6.10 Å². The Kier molecular flexibility index (Phi) is 6.65. The van der Waals surface area contributed by atoms with E-state index in [1.54, 1.807) is 24.3 Å². The van der Waals surface area contributed by atoms with Crippen LogP contribution in [0.4, 0.5) is 4.39 Å². The van der Waals surface area contributed by atoms with E-state index in [-0.39, 0.29) is 18.3 Å². The lowest BCUT2D eigenvalue weighted by molar-refractivity contribution is -0.132. The molecule has 2 rings (SSSR count). The van der Waals surface area contributed by atoms with Crippen molar-refractivity contribution in [3.05, 3.63) is 71.5 Å². The van der Waals surface area contributed by atoms with Crippen LogP contribution in [-0.4, -0.2) is 25.5 Å². The van der Waals surface area contributed by atoms with E-state index >= 15 is 0 Å². The molecule has 132 valence electrons. The first-order chi connectivity index (χ1) is 12.0. The minimum Gasteiger partial charge on any atom is -0.369 e. The molecule has 5 nitrogen and oxygen atoms in total. The molecular weight excluding hydrogens is 323 g/mol. The Morgan fingerprint density at radius 1 is 1.12 bits per heavy atom. The van der Waals surface area contributed by atoms with Crippen LogP contribution < -0.4 is 11.1 Å². The van der Waals surface area contributed by atoms with Crippen molar-refractivity contribution in [2.24, 2.45) is 11.7 Å². The summed E-state index contributed by atoms with van der Waals surface area (Å²) in [5, 5.41) is 2.71. The zero-order chi connectivity index (χ0) is 18.2. The maximum absolute atomic E-state index is 13.0. The SMILES string of the molecule is COC(C(=O)NCC(Cc1ccc(F)cc1)C(N)=O)c1ccccc1. The van der Waals surface area contributed by atoms with Crippen LogP contribution in [0.1, 0.15) is 17.2 Å². The van der Waals surface area contributed by atoms with Gasteiger partial charge in [0.05, 0.1) is 5.92 Å². The Labute approximate surface area is 146 Å². The number of primary amides is 1. The molecule has 2 aromatic rings. The van der Waals surface area contributed by atoms with Crippen molar-refractivity contribution in [1.29, 1.82) is 0 Å². The maximum Gasteiger partial charge on any atom is 0.253 e. The molecule has 0 spiro atoms. The van der Waals surface area contributed by atoms with Crippen molar-refractivity contribution in [3.63, 3.8) is 0 Å². The molecule has 3 N–H and O–H groups in total. The molecule has 0 bridgehead atoms. The average molecular weight is 344 g/mol. The van der Waals surface area contributed by atoms with Crippen molar-refractivity contribution in [2.75, 3.05) is 13.7 Å². The standard InChI is InChI=1S/C19H21FN2O3/c1-25-17(14-5-3-2-4-6-14)19(24)22-12-15(18(21)23)11-13-7-9-16(20)10-8-13/h2-10,15,17H,11-12H2,1H3,(H2,21,23)(H,22,24). The van der Waals surface area contributed by atoms with Crippen LogP contribution in [0.5, 0.6) is 0 Å². The Morgan fingerprint density at radius 3 is 2.32 bits per heavy atom. The van der Waals surface area contributed by atoms with Gasteiger partial charge >= 0.3 is 0 Å². The van der Waals surface area contributed by atoms with Gasteiger partial charge in [-0.05, 0) is 29.7 Å². The molecule has 0 saturated heterocycles. The quantitative estimate of drug-likeness (QED) is 0.768. The van der Waals surface area contributed by atoms with E-state index in [0.29, 0.717) is 6.42 Å². The van der Waals surface area contributed by atoms with Crippen LogP contribution in [0.25, 0.3) is 0 Å². The third-order valence-corrected chi connectivity index (χ3v) is 3.90. The lowest BCUT2D eigenvalue weighted by Crippen LogP contribution is -2.39. The number of halogens is 1. The van der Waals surface area contributed by atoms with E-state index < -0.39 is 17.9 Å². The van der Waals surface area contributed by atoms with Gasteiger partial charge in [0.2, 0.25) is 5.91 Å². The van der Waals surface area contributed by atoms with Gasteiger partial charge in [-0.25, -0.2) is 4.39 Å². The number of amides is 2. The van der Waals surface area contributed by atoms with Crippen LogP contribution >= 0.6 is 0 Å². The molecule has 25 heavy (non-hydrogen) atoms. The van der Waals surface area contributed by atoms with Crippen molar-refractivity contribution in [2.45, 2.75) is 12.5 Å². The van der Waals surface area contributed by atoms with E-state index in [4.69, 9.17) is 10.5 Å². The summed E-state index contributed by atoms with van der Waals surface area (Å²) in [5.41, 5.74) is 6.91. The Hall–Kier alpha value is -2.73. The number of methoxy groups -OCH3 is 1. The monoisotopic (exact) mass is 344 g/mol. The van der Waals surface area contributed by atoms with E-state index in [1.165, 1.54) is 19.2 Å². The number of carbonyl (C=O) groups is 2. The minimum absolute atomic E-state index is 0.0816. The van der Waals surface area contributed by atoms with Crippen molar-refractivity contribution >= 4 is 11.8 Å². The van der Waals surface area contributed by atoms with Crippen molar-refractivity contribution in [3.8, 4) is 0 Å². The summed E-state index contributed by atoms with van der Waals surface area (Å²) in [6.45, 7) is 0.0816. The molecule has 0 radical (unpaired) electrons. The second-order valence-corrected chi connectivity index (χ2v) is 5.70. The fourth-order valence-corrected chi connectivity index (χ4v) is 2.52. The highest BCUT2D eigenvalue weighted by Crippen LogP contribution is 2.16. The fraction of sp³-hybridized carbons (Fsp3) is 0.263. The number of nitrogens with one attached hydrogen (secondary N) is 1. The number of hydrogen-bond acceptors (Lipinski definition) is 3. The van der Waals surface area contributed by atoms with Crippen LogP contribution in [0, 0.1) is 11.7 Å². The molecule has 2 atom stereocenters. The van der Waals surface area contributed by atoms with E-state index in [0.717, 1.165) is 11.1 Å². The van der Waals surface area contributed by atoms with E-state index in [1.807, 2.05) is 18.2 Å². The zero-order valence-corrected chi connectivity index (χ0v) is 13.9. The van der Waals surface area contributed by atoms with Gasteiger partial charge in [-0.3, -0.25) is 9.59 Å². The van der Waals surface area contributed by atoms with Crippen LogP contribution in [-0.2, 0) is 20.7 Å². The summed E-state index contributed by atoms with van der Waals surface area (Å²) in [4.78, 5) is 24.0. The fourth-order valence-electron chi connectivity index (χ4n) is 2.52. The second-order valence-electron chi connectivity index (χ2n) is 5.70. The van der Waals surface area contributed by atoms with Crippen molar-refractivity contribution < 1.29 is 18.7 Å². The van der Waals surface area contributed by atoms with Crippen LogP contribution in [0.2, 0.25) is 0 Å². The Balaban J connectivity index is 1.98. The highest BCUT2D eigenvalue weighted by atomic mass is 19.1. The summed E-state index contributed by atoms with van der Waals surface area (Å²) in [6.07, 6.45) is -0.445. The summed E-state index contributed by atoms with van der Waals surface area (Å²) < 4.78 is 18.2. The number of hydrogen-bond donors (Lipinski definition) is 2. The second kappa shape index (κ2) is 8.94. The third kappa shape index (κ3) is 5.39. The lowest BCUT2D eigenvalue weighted by atomic mass is 9.98. The zero-order valence-electron chi connectivity index (χ0n) is 13.9. The van der Waals surface area contributed by atoms with Crippen molar-refractivity contribution in [1.82, 2.24) is 5.32 Å². The summed E-state index contributed by atoms with van der Waals surface area (Å²) in [6, 6.07) is 14.9. The number of benzene rings is 2. The van der Waals surface area contributed by atoms with Crippen LogP contribution in [0.3, 0.4) is 0 Å². The molecule has 0 aliphatic heterocycles. The first kappa shape index (κ1) is 18.6. The first-order valence-corrected chi connectivity index (χ1v) is 7.90. The van der Waals surface area contributed by atoms with Gasteiger partial charge < -0.3 is 15.8 Å². The highest BCUT2D eigenvalue weighted by molar-refractivity contribution is 5.83. The molecular formula is C19H21FN2O3. The molecule has 2 unspecified atom stereocenters. The summed E-state index contributed by atoms with van der Waals surface area (Å²) >= 11 is 0. The molecule has 2 aromatic carbocycles. The van der Waals surface area contributed by atoms with E-state index in [2.05, 4.69) is 5.32 Å². The Bertz CT molecular complexity index is 704. The molecule has 0 aromatic heterocycles. The third-order valence-electron chi connectivity index (χ3n) is 3.90. The number of carbonyl (C=O) groups excluding carboxylic acids is 2. The molecule has 0 aliphatic carbocycles. The molecule has 2 amide bonds. The minimum atomic E-state index is -0.763. The van der Waals surface area contributed by atoms with Gasteiger partial charge in [-0.2, -0.15) is 0 Å². The highest BCUT2D eigenvalue weighted by Gasteiger charge is 2.22. The van der Waals surface area contributed by atoms with Gasteiger partial charge in [0, 0.05) is 13.7 Å². The topological polar surface area (TPSA) is 81.4 Å². The molecule has 0 fully saturated rings. The summed E-state index contributed by atoms with van der Waals surface area (Å²) in [5.74, 6) is -1.82. The Morgan fingerprint density at radius 2 is 1.76 bits per heavy atom. The average Bonchev–Trinajstić information content (AvgIpc) is 2.61. The van der Waals surface area contributed by atoms with Gasteiger partial charge in [0.1, 0.15) is 5.82 Å². The lowest BCUT2D eigenvalue weighted by Gasteiger charge is -2.18. The molecule has 0 heterocycles. The predicted octanol–water partition coefficient (Wildman–Crippen LogP) is 1.97. The van der Waals surface area contributed by atoms with E-state index in [9.17, 15) is 14.0 Å². The molecule has 0 aliphatic rings. The van der Waals surface area contributed by atoms with Gasteiger partial charge in [0.25, 0.3) is 5.91 Å². The van der Waals surface area contributed by atoms with Gasteiger partial charge in [-0.1, -0.05) is 42.5 Å². The number of ether oxygens (including phenoxy) is 1. The largest absolute Gasteiger partial charge is 0.369 e. The summed E-state index contributed by atoms with van der Waals surface area (Å²) in [7, 11) is 1.45. The number of rotatable bonds is 8. The van der Waals surface area contributed by atoms with Gasteiger partial charge in [-0.15, -0.1) is 0 Å². The predicted molar refractivity (Wildman–Crippen MR) is 92.0 cm³/mol. The first-order valence-electron chi connectivity index (χ1n) is 7.90. The smallest absolute Gasteiger partial charge is 0.253 e. The normalized spacial score (nSPS) is 13.0. The molecule has 6 heteroatoms. The van der Waals surface area contributed by atoms with Crippen LogP contribution in [0.15, 0.2) is 54.6 Å². The number of nitrogens with two attached hydrogens (primary N) is 1.